The number of phenols is 2. The molecule has 2 N–H and O–H groups in total. The van der Waals surface area contributed by atoms with Crippen LogP contribution in [0.4, 0.5) is 0 Å². The molecule has 0 aliphatic heterocycles. The normalized spacial score (nSPS) is 11.5. The van der Waals surface area contributed by atoms with Crippen LogP contribution in [0.1, 0.15) is 49.5 Å². The fourth-order valence-electron chi connectivity index (χ4n) is 2.46. The van der Waals surface area contributed by atoms with Gasteiger partial charge in [0, 0.05) is 6.07 Å². The van der Waals surface area contributed by atoms with Crippen molar-refractivity contribution in [2.45, 2.75) is 33.6 Å². The highest BCUT2D eigenvalue weighted by atomic mass is 16.5. The van der Waals surface area contributed by atoms with E-state index >= 15 is 0 Å². The lowest BCUT2D eigenvalue weighted by molar-refractivity contribution is 0.104. The number of hydrogen-bond acceptors (Lipinski definition) is 4. The van der Waals surface area contributed by atoms with Gasteiger partial charge in [-0.2, -0.15) is 0 Å². The monoisotopic (exact) mass is 378 g/mol. The third-order valence-corrected chi connectivity index (χ3v) is 4.04. The Kier molecular flexibility index (Phi) is 7.64. The molecule has 0 saturated heterocycles. The zero-order chi connectivity index (χ0) is 20.5. The third-order valence-electron chi connectivity index (χ3n) is 4.04. The van der Waals surface area contributed by atoms with Gasteiger partial charge in [-0.15, -0.1) is 0 Å². The molecule has 146 valence electrons. The minimum atomic E-state index is -0.314. The molecule has 0 aliphatic rings. The molecule has 0 heterocycles. The molecular weight excluding hydrogens is 352 g/mol. The molecule has 2 aromatic carbocycles. The van der Waals surface area contributed by atoms with Crippen LogP contribution < -0.4 is 4.74 Å². The van der Waals surface area contributed by atoms with Crippen molar-refractivity contribution < 1.29 is 19.7 Å². The van der Waals surface area contributed by atoms with Gasteiger partial charge in [0.05, 0.1) is 11.8 Å². The summed E-state index contributed by atoms with van der Waals surface area (Å²) in [6.07, 6.45) is 8.71. The second-order valence-corrected chi connectivity index (χ2v) is 6.87. The average Bonchev–Trinajstić information content (AvgIpc) is 2.65. The fourth-order valence-corrected chi connectivity index (χ4v) is 2.46. The van der Waals surface area contributed by atoms with Crippen molar-refractivity contribution in [1.29, 1.82) is 0 Å². The predicted octanol–water partition coefficient (Wildman–Crippen LogP) is 6.02. The Morgan fingerprint density at radius 2 is 1.75 bits per heavy atom. The van der Waals surface area contributed by atoms with Gasteiger partial charge >= 0.3 is 0 Å². The Morgan fingerprint density at radius 3 is 2.39 bits per heavy atom. The van der Waals surface area contributed by atoms with Crippen LogP contribution in [0.15, 0.2) is 72.0 Å². The molecule has 0 atom stereocenters. The summed E-state index contributed by atoms with van der Waals surface area (Å²) in [5, 5.41) is 19.4. The molecule has 4 heteroatoms. The smallest absolute Gasteiger partial charge is 0.189 e. The molecule has 28 heavy (non-hydrogen) atoms. The molecule has 0 unspecified atom stereocenters. The fraction of sp³-hybridized carbons (Fsp3) is 0.208. The van der Waals surface area contributed by atoms with Crippen LogP contribution >= 0.6 is 0 Å². The summed E-state index contributed by atoms with van der Waals surface area (Å²) in [5.74, 6) is 0.190. The van der Waals surface area contributed by atoms with Crippen LogP contribution in [-0.4, -0.2) is 16.0 Å². The van der Waals surface area contributed by atoms with E-state index in [1.807, 2.05) is 6.92 Å². The molecule has 0 spiro atoms. The van der Waals surface area contributed by atoms with Crippen LogP contribution in [0.25, 0.3) is 6.08 Å². The van der Waals surface area contributed by atoms with E-state index in [0.717, 1.165) is 24.0 Å². The van der Waals surface area contributed by atoms with E-state index in [4.69, 9.17) is 4.74 Å². The predicted molar refractivity (Wildman–Crippen MR) is 113 cm³/mol. The number of phenolic OH excluding ortho intramolecular Hbond substituents is 2. The Balaban J connectivity index is 2.00. The van der Waals surface area contributed by atoms with E-state index < -0.39 is 0 Å². The van der Waals surface area contributed by atoms with Gasteiger partial charge < -0.3 is 14.9 Å². The van der Waals surface area contributed by atoms with Gasteiger partial charge in [0.1, 0.15) is 17.2 Å². The topological polar surface area (TPSA) is 66.8 Å². The first-order chi connectivity index (χ1) is 13.3. The molecule has 2 rings (SSSR count). The minimum Gasteiger partial charge on any atom is -0.508 e. The maximum Gasteiger partial charge on any atom is 0.189 e. The summed E-state index contributed by atoms with van der Waals surface area (Å²) in [6, 6.07) is 11.1. The standard InChI is InChI=1S/C24H26O4/c1-17(2)5-4-6-18(3)16-28-21-12-13-22(24(27)15-21)23(26)14-9-19-7-10-20(25)11-8-19/h5,7-16,25,27H,4,6H2,1-3H3. The molecule has 0 radical (unpaired) electrons. The summed E-state index contributed by atoms with van der Waals surface area (Å²) in [4.78, 5) is 12.3. The number of rotatable bonds is 8. The quantitative estimate of drug-likeness (QED) is 0.255. The van der Waals surface area contributed by atoms with E-state index in [1.165, 1.54) is 17.7 Å². The molecular formula is C24H26O4. The highest BCUT2D eigenvalue weighted by Gasteiger charge is 2.09. The number of carbonyl (C=O) groups excluding carboxylic acids is 1. The van der Waals surface area contributed by atoms with Crippen molar-refractivity contribution in [3.05, 3.63) is 83.2 Å². The second-order valence-electron chi connectivity index (χ2n) is 6.87. The van der Waals surface area contributed by atoms with Crippen molar-refractivity contribution in [3.63, 3.8) is 0 Å². The SMILES string of the molecule is CC(C)=CCCC(C)=COc1ccc(C(=O)C=Cc2ccc(O)cc2)c(O)c1. The maximum atomic E-state index is 12.3. The average molecular weight is 378 g/mol. The molecule has 0 aliphatic carbocycles. The molecule has 2 aromatic rings. The van der Waals surface area contributed by atoms with Crippen molar-refractivity contribution >= 4 is 11.9 Å². The first-order valence-electron chi connectivity index (χ1n) is 9.15. The number of benzene rings is 2. The highest BCUT2D eigenvalue weighted by molar-refractivity contribution is 6.08. The summed E-state index contributed by atoms with van der Waals surface area (Å²) < 4.78 is 5.59. The molecule has 0 saturated carbocycles. The Bertz CT molecular complexity index is 899. The molecule has 0 amide bonds. The lowest BCUT2D eigenvalue weighted by Crippen LogP contribution is -1.95. The van der Waals surface area contributed by atoms with Crippen LogP contribution in [-0.2, 0) is 0 Å². The van der Waals surface area contributed by atoms with Gasteiger partial charge in [-0.25, -0.2) is 0 Å². The van der Waals surface area contributed by atoms with E-state index in [-0.39, 0.29) is 22.8 Å². The Morgan fingerprint density at radius 1 is 1.04 bits per heavy atom. The summed E-state index contributed by atoms with van der Waals surface area (Å²) in [5.41, 5.74) is 3.36. The Labute approximate surface area is 166 Å². The first kappa shape index (κ1) is 21.0. The number of allylic oxidation sites excluding steroid dienone is 4. The van der Waals surface area contributed by atoms with Gasteiger partial charge in [0.25, 0.3) is 0 Å². The first-order valence-corrected chi connectivity index (χ1v) is 9.15. The Hall–Kier alpha value is -3.27. The van der Waals surface area contributed by atoms with Crippen molar-refractivity contribution in [3.8, 4) is 17.2 Å². The van der Waals surface area contributed by atoms with Crippen LogP contribution in [0.2, 0.25) is 0 Å². The highest BCUT2D eigenvalue weighted by Crippen LogP contribution is 2.25. The van der Waals surface area contributed by atoms with Gasteiger partial charge in [-0.3, -0.25) is 4.79 Å². The lowest BCUT2D eigenvalue weighted by Gasteiger charge is -2.06. The molecule has 0 bridgehead atoms. The molecule has 4 nitrogen and oxygen atoms in total. The zero-order valence-electron chi connectivity index (χ0n) is 16.5. The lowest BCUT2D eigenvalue weighted by atomic mass is 10.1. The number of hydrogen-bond donors (Lipinski definition) is 2. The number of ether oxygens (including phenoxy) is 1. The van der Waals surface area contributed by atoms with Crippen LogP contribution in [0.3, 0.4) is 0 Å². The van der Waals surface area contributed by atoms with Crippen LogP contribution in [0, 0.1) is 0 Å². The second kappa shape index (κ2) is 10.2. The van der Waals surface area contributed by atoms with Crippen molar-refractivity contribution in [2.75, 3.05) is 0 Å². The van der Waals surface area contributed by atoms with Gasteiger partial charge in [0.2, 0.25) is 0 Å². The number of aromatic hydroxyl groups is 2. The van der Waals surface area contributed by atoms with Crippen molar-refractivity contribution in [1.82, 2.24) is 0 Å². The zero-order valence-corrected chi connectivity index (χ0v) is 16.5. The van der Waals surface area contributed by atoms with Gasteiger partial charge in [-0.05, 0) is 75.1 Å². The third kappa shape index (κ3) is 6.80. The van der Waals surface area contributed by atoms with Gasteiger partial charge in [0.15, 0.2) is 5.78 Å². The van der Waals surface area contributed by atoms with Crippen LogP contribution in [0.5, 0.6) is 17.2 Å². The largest absolute Gasteiger partial charge is 0.508 e. The minimum absolute atomic E-state index is 0.131. The van der Waals surface area contributed by atoms with E-state index in [1.54, 1.807) is 48.7 Å². The van der Waals surface area contributed by atoms with Gasteiger partial charge in [-0.1, -0.05) is 29.9 Å². The maximum absolute atomic E-state index is 12.3. The van der Waals surface area contributed by atoms with E-state index in [2.05, 4.69) is 19.9 Å². The molecule has 0 fully saturated rings. The number of carbonyl (C=O) groups is 1. The van der Waals surface area contributed by atoms with E-state index in [0.29, 0.717) is 5.75 Å². The number of ketones is 1. The summed E-state index contributed by atoms with van der Waals surface area (Å²) >= 11 is 0. The summed E-state index contributed by atoms with van der Waals surface area (Å²) in [7, 11) is 0. The van der Waals surface area contributed by atoms with Crippen molar-refractivity contribution in [2.24, 2.45) is 0 Å². The van der Waals surface area contributed by atoms with E-state index in [9.17, 15) is 15.0 Å². The molecule has 0 aromatic heterocycles. The summed E-state index contributed by atoms with van der Waals surface area (Å²) in [6.45, 7) is 6.13.